The van der Waals surface area contributed by atoms with Gasteiger partial charge in [0.25, 0.3) is 0 Å². The van der Waals surface area contributed by atoms with Crippen LogP contribution in [-0.2, 0) is 0 Å². The second kappa shape index (κ2) is 4.10. The van der Waals surface area contributed by atoms with Gasteiger partial charge in [0.2, 0.25) is 0 Å². The highest BCUT2D eigenvalue weighted by atomic mass is 32.2. The van der Waals surface area contributed by atoms with Gasteiger partial charge in [0.15, 0.2) is 0 Å². The lowest BCUT2D eigenvalue weighted by atomic mass is 9.95. The van der Waals surface area contributed by atoms with Gasteiger partial charge in [-0.15, -0.1) is 0 Å². The minimum absolute atomic E-state index is 0.709. The van der Waals surface area contributed by atoms with Gasteiger partial charge in [-0.3, -0.25) is 0 Å². The molecule has 17 heavy (non-hydrogen) atoms. The predicted octanol–water partition coefficient (Wildman–Crippen LogP) is 4.18. The van der Waals surface area contributed by atoms with E-state index in [0.29, 0.717) is 5.92 Å². The molecule has 2 heterocycles. The van der Waals surface area contributed by atoms with Gasteiger partial charge < -0.3 is 0 Å². The van der Waals surface area contributed by atoms with Crippen molar-refractivity contribution >= 4 is 29.1 Å². The summed E-state index contributed by atoms with van der Waals surface area (Å²) < 4.78 is 0. The minimum atomic E-state index is 0.709. The normalized spacial score (nSPS) is 34.6. The largest absolute Gasteiger partial charge is 0.158 e. The molecule has 0 saturated carbocycles. The Morgan fingerprint density at radius 2 is 1.76 bits per heavy atom. The molecular formula is C15H16S2. The van der Waals surface area contributed by atoms with Gasteiger partial charge in [-0.25, -0.2) is 0 Å². The zero-order valence-corrected chi connectivity index (χ0v) is 11.4. The average Bonchev–Trinajstić information content (AvgIpc) is 2.54. The summed E-state index contributed by atoms with van der Waals surface area (Å²) in [5.41, 5.74) is 4.81. The molecular weight excluding hydrogens is 244 g/mol. The maximum atomic E-state index is 2.60. The van der Waals surface area contributed by atoms with E-state index in [0.717, 1.165) is 10.5 Å². The monoisotopic (exact) mass is 260 g/mol. The molecule has 88 valence electrons. The van der Waals surface area contributed by atoms with Crippen molar-refractivity contribution in [3.05, 3.63) is 41.5 Å². The van der Waals surface area contributed by atoms with Crippen LogP contribution in [-0.4, -0.2) is 22.0 Å². The van der Waals surface area contributed by atoms with E-state index < -0.39 is 0 Å². The number of fused-ring (bicyclic) bond motifs is 1. The van der Waals surface area contributed by atoms with Crippen LogP contribution in [0.5, 0.6) is 0 Å². The molecule has 0 radical (unpaired) electrons. The molecule has 0 bridgehead atoms. The molecule has 2 aliphatic heterocycles. The van der Waals surface area contributed by atoms with Crippen LogP contribution in [0.15, 0.2) is 30.3 Å². The molecule has 0 aromatic heterocycles. The van der Waals surface area contributed by atoms with Crippen LogP contribution in [0.2, 0.25) is 0 Å². The summed E-state index contributed by atoms with van der Waals surface area (Å²) in [6.45, 7) is 0. The number of allylic oxidation sites excluding steroid dienone is 1. The van der Waals surface area contributed by atoms with Crippen LogP contribution in [0.1, 0.15) is 29.9 Å². The Bertz CT molecular complexity index is 470. The number of rotatable bonds is 2. The van der Waals surface area contributed by atoms with Crippen LogP contribution in [0.25, 0.3) is 5.57 Å². The Hall–Kier alpha value is -0.340. The summed E-state index contributed by atoms with van der Waals surface area (Å²) in [5, 5.41) is 1.66. The highest BCUT2D eigenvalue weighted by molar-refractivity contribution is 8.01. The zero-order valence-electron chi connectivity index (χ0n) is 9.76. The molecule has 1 aromatic carbocycles. The Morgan fingerprint density at radius 3 is 2.41 bits per heavy atom. The zero-order chi connectivity index (χ0) is 11.2. The quantitative estimate of drug-likeness (QED) is 0.782. The predicted molar refractivity (Wildman–Crippen MR) is 78.9 cm³/mol. The van der Waals surface area contributed by atoms with E-state index in [1.54, 1.807) is 16.7 Å². The maximum absolute atomic E-state index is 2.60. The van der Waals surface area contributed by atoms with Crippen molar-refractivity contribution in [2.75, 3.05) is 11.5 Å². The average molecular weight is 260 g/mol. The molecule has 3 atom stereocenters. The topological polar surface area (TPSA) is 0 Å². The first-order chi connectivity index (χ1) is 8.43. The Balaban J connectivity index is 1.74. The van der Waals surface area contributed by atoms with Crippen molar-refractivity contribution in [2.45, 2.75) is 29.3 Å². The van der Waals surface area contributed by atoms with Crippen LogP contribution in [0.3, 0.4) is 0 Å². The smallest absolute Gasteiger partial charge is 0.0308 e. The third kappa shape index (κ3) is 1.61. The standard InChI is InChI=1S/C15H16S2/c1-2-4-11-10(3-1)12(14-5-7-16-14)9-13(11)15-6-8-17-15/h1-4,9,12,14-15H,5-8H2. The van der Waals surface area contributed by atoms with E-state index in [4.69, 9.17) is 0 Å². The Morgan fingerprint density at radius 1 is 1.00 bits per heavy atom. The molecule has 2 saturated heterocycles. The fourth-order valence-corrected chi connectivity index (χ4v) is 4.83. The van der Waals surface area contributed by atoms with E-state index >= 15 is 0 Å². The van der Waals surface area contributed by atoms with Crippen LogP contribution >= 0.6 is 23.5 Å². The molecule has 2 heteroatoms. The molecule has 0 amide bonds. The third-order valence-electron chi connectivity index (χ3n) is 4.17. The van der Waals surface area contributed by atoms with Gasteiger partial charge >= 0.3 is 0 Å². The summed E-state index contributed by atoms with van der Waals surface area (Å²) >= 11 is 4.28. The number of hydrogen-bond acceptors (Lipinski definition) is 2. The minimum Gasteiger partial charge on any atom is -0.158 e. The fraction of sp³-hybridized carbons (Fsp3) is 0.467. The summed E-state index contributed by atoms with van der Waals surface area (Å²) in [7, 11) is 0. The van der Waals surface area contributed by atoms with E-state index in [1.807, 2.05) is 0 Å². The van der Waals surface area contributed by atoms with E-state index in [9.17, 15) is 0 Å². The molecule has 0 nitrogen and oxygen atoms in total. The number of thioether (sulfide) groups is 2. The lowest BCUT2D eigenvalue weighted by molar-refractivity contribution is 0.714. The first-order valence-corrected chi connectivity index (χ1v) is 8.57. The van der Waals surface area contributed by atoms with Crippen molar-refractivity contribution in [2.24, 2.45) is 0 Å². The third-order valence-corrected chi connectivity index (χ3v) is 6.96. The fourth-order valence-electron chi connectivity index (χ4n) is 3.03. The summed E-state index contributed by atoms with van der Waals surface area (Å²) in [4.78, 5) is 0. The molecule has 0 spiro atoms. The van der Waals surface area contributed by atoms with Gasteiger partial charge in [0.05, 0.1) is 0 Å². The highest BCUT2D eigenvalue weighted by Crippen LogP contribution is 2.51. The molecule has 4 rings (SSSR count). The lowest BCUT2D eigenvalue weighted by Crippen LogP contribution is -2.22. The number of benzene rings is 1. The van der Waals surface area contributed by atoms with E-state index in [2.05, 4.69) is 53.9 Å². The van der Waals surface area contributed by atoms with Gasteiger partial charge in [-0.05, 0) is 41.0 Å². The SMILES string of the molecule is C1=C(C2CCS2)c2ccccc2C1C1CCS1. The van der Waals surface area contributed by atoms with Crippen molar-refractivity contribution in [1.29, 1.82) is 0 Å². The first kappa shape index (κ1) is 10.6. The summed E-state index contributed by atoms with van der Waals surface area (Å²) in [6.07, 6.45) is 5.39. The maximum Gasteiger partial charge on any atom is 0.0308 e. The van der Waals surface area contributed by atoms with Crippen LogP contribution < -0.4 is 0 Å². The second-order valence-corrected chi connectivity index (χ2v) is 7.74. The number of hydrogen-bond donors (Lipinski definition) is 0. The van der Waals surface area contributed by atoms with Gasteiger partial charge in [0.1, 0.15) is 0 Å². The Kier molecular flexibility index (Phi) is 2.55. The lowest BCUT2D eigenvalue weighted by Gasteiger charge is -2.30. The van der Waals surface area contributed by atoms with E-state index in [-0.39, 0.29) is 0 Å². The van der Waals surface area contributed by atoms with Crippen molar-refractivity contribution in [3.63, 3.8) is 0 Å². The molecule has 3 aliphatic rings. The molecule has 3 unspecified atom stereocenters. The highest BCUT2D eigenvalue weighted by Gasteiger charge is 2.36. The molecule has 1 aromatic rings. The van der Waals surface area contributed by atoms with Crippen molar-refractivity contribution in [1.82, 2.24) is 0 Å². The van der Waals surface area contributed by atoms with Gasteiger partial charge in [-0.1, -0.05) is 30.3 Å². The summed E-state index contributed by atoms with van der Waals surface area (Å²) in [5.74, 6) is 3.43. The Labute approximate surface area is 111 Å². The summed E-state index contributed by atoms with van der Waals surface area (Å²) in [6, 6.07) is 9.10. The van der Waals surface area contributed by atoms with Crippen LogP contribution in [0, 0.1) is 0 Å². The van der Waals surface area contributed by atoms with Crippen molar-refractivity contribution < 1.29 is 0 Å². The van der Waals surface area contributed by atoms with Gasteiger partial charge in [-0.2, -0.15) is 23.5 Å². The van der Waals surface area contributed by atoms with Crippen molar-refractivity contribution in [3.8, 4) is 0 Å². The first-order valence-electron chi connectivity index (χ1n) is 6.48. The van der Waals surface area contributed by atoms with E-state index in [1.165, 1.54) is 24.3 Å². The molecule has 0 N–H and O–H groups in total. The molecule has 1 aliphatic carbocycles. The second-order valence-electron chi connectivity index (χ2n) is 5.08. The molecule has 2 fully saturated rings. The van der Waals surface area contributed by atoms with Gasteiger partial charge in [0, 0.05) is 16.4 Å². The van der Waals surface area contributed by atoms with Crippen LogP contribution in [0.4, 0.5) is 0 Å².